The Bertz CT molecular complexity index is 1600. The van der Waals surface area contributed by atoms with Crippen LogP contribution in [0.4, 0.5) is 0 Å². The van der Waals surface area contributed by atoms with Crippen molar-refractivity contribution in [2.24, 2.45) is 73.3 Å². The van der Waals surface area contributed by atoms with Gasteiger partial charge >= 0.3 is 5.97 Å². The summed E-state index contributed by atoms with van der Waals surface area (Å²) >= 11 is 0. The molecule has 1 aromatic rings. The molecule has 12 atom stereocenters. The fraction of sp³-hybridized carbons (Fsp3) is 0.857. The Labute approximate surface area is 312 Å². The van der Waals surface area contributed by atoms with Crippen molar-refractivity contribution in [1.29, 1.82) is 0 Å². The first-order valence-corrected chi connectivity index (χ1v) is 20.5. The number of ether oxygens (including phenoxy) is 2. The van der Waals surface area contributed by atoms with Gasteiger partial charge in [0, 0.05) is 24.0 Å². The Balaban J connectivity index is 1.39. The van der Waals surface area contributed by atoms with Crippen molar-refractivity contribution in [2.45, 2.75) is 132 Å². The molecule has 1 aromatic heterocycles. The molecule has 0 radical (unpaired) electrons. The van der Waals surface area contributed by atoms with Crippen LogP contribution in [0.3, 0.4) is 0 Å². The van der Waals surface area contributed by atoms with Gasteiger partial charge in [-0.3, -0.25) is 9.79 Å². The maximum Gasteiger partial charge on any atom is 0.307 e. The number of carbonyl (C=O) groups is 1. The van der Waals surface area contributed by atoms with Crippen molar-refractivity contribution in [3.63, 3.8) is 0 Å². The number of rotatable bonds is 9. The van der Waals surface area contributed by atoms with Crippen LogP contribution in [-0.4, -0.2) is 76.2 Å². The Morgan fingerprint density at radius 2 is 1.88 bits per heavy atom. The van der Waals surface area contributed by atoms with Crippen LogP contribution >= 0.6 is 0 Å². The molecule has 4 aliphatic carbocycles. The zero-order valence-electron chi connectivity index (χ0n) is 33.8. The van der Waals surface area contributed by atoms with E-state index in [0.717, 1.165) is 69.7 Å². The lowest BCUT2D eigenvalue weighted by molar-refractivity contribution is -0.254. The Morgan fingerprint density at radius 1 is 1.13 bits per heavy atom. The van der Waals surface area contributed by atoms with E-state index in [-0.39, 0.29) is 40.2 Å². The predicted molar refractivity (Wildman–Crippen MR) is 204 cm³/mol. The molecule has 52 heavy (non-hydrogen) atoms. The zero-order chi connectivity index (χ0) is 37.6. The van der Waals surface area contributed by atoms with Gasteiger partial charge in [0.15, 0.2) is 11.7 Å². The van der Waals surface area contributed by atoms with E-state index in [4.69, 9.17) is 30.3 Å². The highest BCUT2D eigenvalue weighted by Gasteiger charge is 2.73. The average molecular weight is 721 g/mol. The number of fused-ring (bicyclic) bond motifs is 3. The van der Waals surface area contributed by atoms with Crippen LogP contribution in [-0.2, 0) is 14.3 Å². The van der Waals surface area contributed by atoms with E-state index in [2.05, 4.69) is 85.3 Å². The number of allylic oxidation sites excluding steroid dienone is 1. The number of aromatic nitrogens is 3. The maximum absolute atomic E-state index is 13.6. The van der Waals surface area contributed by atoms with Crippen LogP contribution in [0.2, 0.25) is 0 Å². The van der Waals surface area contributed by atoms with Crippen molar-refractivity contribution in [3.05, 3.63) is 23.8 Å². The average Bonchev–Trinajstić information content (AvgIpc) is 3.58. The molecule has 2 aliphatic heterocycles. The second kappa shape index (κ2) is 12.9. The minimum Gasteiger partial charge on any atom is -0.481 e. The standard InChI is InChI=1S/C42H68N6O4/c1-25(2)27(5)38(7)16-17-39(8)28-12-13-31-37(6)20-30(48-35(46-24-47-48)34-44-18-11-19-45-34)33(52-22-41(10,43)26(3)4)42(31,23-51-21-37)29(28)14-15-40(39,9)32(38)36(49)50/h14,24-28,30-33H,11-13,15-23,43H2,1-10H3,(H,44,45)(H,49,50)/t27-,28+,30-,31-,32-,33+,37-,38-,39-,40+,41+,42+/m1/s1. The summed E-state index contributed by atoms with van der Waals surface area (Å²) in [4.78, 5) is 23.3. The minimum atomic E-state index is -0.631. The van der Waals surface area contributed by atoms with Gasteiger partial charge in [-0.15, -0.1) is 0 Å². The van der Waals surface area contributed by atoms with E-state index in [9.17, 15) is 9.90 Å². The lowest BCUT2D eigenvalue weighted by Crippen LogP contribution is -2.70. The summed E-state index contributed by atoms with van der Waals surface area (Å²) in [6.07, 6.45) is 10.6. The number of nitrogens with one attached hydrogen (secondary N) is 1. The van der Waals surface area contributed by atoms with Crippen molar-refractivity contribution in [3.8, 4) is 0 Å². The van der Waals surface area contributed by atoms with Crippen LogP contribution in [0.15, 0.2) is 23.0 Å². The fourth-order valence-electron chi connectivity index (χ4n) is 12.9. The highest BCUT2D eigenvalue weighted by atomic mass is 16.5. The minimum absolute atomic E-state index is 0.104. The van der Waals surface area contributed by atoms with E-state index in [1.807, 2.05) is 0 Å². The molecule has 0 aromatic carbocycles. The summed E-state index contributed by atoms with van der Waals surface area (Å²) in [6, 6.07) is -0.105. The molecule has 0 unspecified atom stereocenters. The number of nitrogens with zero attached hydrogens (tertiary/aromatic N) is 4. The maximum atomic E-state index is 13.6. The number of carboxylic acid groups (broad SMARTS) is 1. The van der Waals surface area contributed by atoms with Crippen molar-refractivity contribution < 1.29 is 19.4 Å². The van der Waals surface area contributed by atoms with Gasteiger partial charge in [-0.25, -0.2) is 9.67 Å². The summed E-state index contributed by atoms with van der Waals surface area (Å²) in [7, 11) is 0. The molecule has 3 heterocycles. The molecule has 0 spiro atoms. The fourth-order valence-corrected chi connectivity index (χ4v) is 12.9. The summed E-state index contributed by atoms with van der Waals surface area (Å²) in [5, 5.41) is 19.6. The third-order valence-electron chi connectivity index (χ3n) is 16.9. The van der Waals surface area contributed by atoms with E-state index in [0.29, 0.717) is 37.6 Å². The first kappa shape index (κ1) is 38.0. The van der Waals surface area contributed by atoms with E-state index >= 15 is 0 Å². The molecule has 0 amide bonds. The van der Waals surface area contributed by atoms with Crippen LogP contribution in [0.1, 0.15) is 126 Å². The van der Waals surface area contributed by atoms with Gasteiger partial charge in [0.25, 0.3) is 0 Å². The zero-order valence-corrected chi connectivity index (χ0v) is 33.8. The molecule has 7 rings (SSSR count). The van der Waals surface area contributed by atoms with E-state index < -0.39 is 28.3 Å². The van der Waals surface area contributed by atoms with Gasteiger partial charge < -0.3 is 25.6 Å². The van der Waals surface area contributed by atoms with Crippen LogP contribution in [0, 0.1) is 62.6 Å². The molecule has 3 saturated carbocycles. The number of aliphatic carboxylic acids is 1. The van der Waals surface area contributed by atoms with Gasteiger partial charge in [-0.05, 0) is 103 Å². The van der Waals surface area contributed by atoms with Gasteiger partial charge in [-0.1, -0.05) is 74.0 Å². The Kier molecular flexibility index (Phi) is 9.42. The third-order valence-corrected chi connectivity index (χ3v) is 16.9. The van der Waals surface area contributed by atoms with Gasteiger partial charge in [0.2, 0.25) is 0 Å². The highest BCUT2D eigenvalue weighted by Crippen LogP contribution is 2.75. The van der Waals surface area contributed by atoms with Crippen molar-refractivity contribution in [2.75, 3.05) is 32.9 Å². The predicted octanol–water partition coefficient (Wildman–Crippen LogP) is 6.91. The largest absolute Gasteiger partial charge is 0.481 e. The molecule has 4 N–H and O–H groups in total. The number of carboxylic acids is 1. The first-order valence-electron chi connectivity index (χ1n) is 20.5. The Morgan fingerprint density at radius 3 is 2.54 bits per heavy atom. The molecular weight excluding hydrogens is 652 g/mol. The van der Waals surface area contributed by atoms with E-state index in [1.165, 1.54) is 5.57 Å². The molecule has 4 fully saturated rings. The number of aliphatic imine (C=N–C) groups is 1. The molecule has 6 aliphatic rings. The molecular formula is C42H68N6O4. The van der Waals surface area contributed by atoms with Gasteiger partial charge in [-0.2, -0.15) is 5.10 Å². The van der Waals surface area contributed by atoms with Gasteiger partial charge in [0.05, 0.1) is 37.9 Å². The second-order valence-corrected chi connectivity index (χ2v) is 20.1. The van der Waals surface area contributed by atoms with Gasteiger partial charge in [0.1, 0.15) is 6.33 Å². The number of hydrogen-bond donors (Lipinski definition) is 3. The van der Waals surface area contributed by atoms with Crippen LogP contribution < -0.4 is 11.1 Å². The van der Waals surface area contributed by atoms with Crippen LogP contribution in [0.25, 0.3) is 0 Å². The highest BCUT2D eigenvalue weighted by molar-refractivity contribution is 5.95. The number of nitrogens with two attached hydrogens (primary N) is 1. The van der Waals surface area contributed by atoms with E-state index in [1.54, 1.807) is 6.33 Å². The molecule has 10 nitrogen and oxygen atoms in total. The summed E-state index contributed by atoms with van der Waals surface area (Å²) in [5.41, 5.74) is 6.52. The number of amidine groups is 1. The SMILES string of the molecule is CC(C)[C@@H](C)[C@@]1(C)CC[C@]2(C)[C@H]3CC[C@@H]4[C@@]5(C)COC[C@@]4(C3=CC[C@@]2(C)[C@@H]1C(=O)O)[C@@H](OC[C@](C)(N)C(C)C)[C@H](n1ncnc1C1=NCCCN1)C5. The van der Waals surface area contributed by atoms with Crippen molar-refractivity contribution in [1.82, 2.24) is 20.1 Å². The summed E-state index contributed by atoms with van der Waals surface area (Å²) in [5.74, 6) is 2.03. The molecule has 2 bridgehead atoms. The Hall–Kier alpha value is -2.30. The summed E-state index contributed by atoms with van der Waals surface area (Å²) in [6.45, 7) is 26.1. The monoisotopic (exact) mass is 721 g/mol. The third kappa shape index (κ3) is 5.33. The molecule has 1 saturated heterocycles. The lowest BCUT2D eigenvalue weighted by atomic mass is 9.34. The first-order chi connectivity index (χ1) is 24.4. The van der Waals surface area contributed by atoms with Crippen LogP contribution in [0.5, 0.6) is 0 Å². The molecule has 290 valence electrons. The normalized spacial score (nSPS) is 43.3. The second-order valence-electron chi connectivity index (χ2n) is 20.1. The topological polar surface area (TPSA) is 137 Å². The smallest absolute Gasteiger partial charge is 0.307 e. The lowest BCUT2D eigenvalue weighted by Gasteiger charge is -2.71. The molecule has 10 heteroatoms. The quantitative estimate of drug-likeness (QED) is 0.234. The summed E-state index contributed by atoms with van der Waals surface area (Å²) < 4.78 is 16.3. The number of hydrogen-bond acceptors (Lipinski definition) is 8. The van der Waals surface area contributed by atoms with Crippen molar-refractivity contribution >= 4 is 11.8 Å².